The van der Waals surface area contributed by atoms with Crippen molar-refractivity contribution < 1.29 is 18.8 Å². The minimum absolute atomic E-state index is 0.000991. The van der Waals surface area contributed by atoms with Gasteiger partial charge in [-0.25, -0.2) is 4.98 Å². The first kappa shape index (κ1) is 23.8. The number of furan rings is 1. The smallest absolute Gasteiger partial charge is 0.294 e. The van der Waals surface area contributed by atoms with E-state index in [1.807, 2.05) is 13.0 Å². The molecular weight excluding hydrogens is 456 g/mol. The highest BCUT2D eigenvalue weighted by Crippen LogP contribution is 2.34. The SMILES string of the molecule is CCCNC(=O)[C@H]1CC[C@H](C(=O)Nc2c(C(=O)Nc3ccc(Cl)cn3)oc3ccccc23)CC1. The molecule has 0 spiro atoms. The molecule has 8 nitrogen and oxygen atoms in total. The third kappa shape index (κ3) is 5.39. The minimum atomic E-state index is -0.530. The van der Waals surface area contributed by atoms with E-state index in [9.17, 15) is 14.4 Å². The summed E-state index contributed by atoms with van der Waals surface area (Å²) < 4.78 is 5.80. The Morgan fingerprint density at radius 2 is 1.71 bits per heavy atom. The number of anilines is 2. The van der Waals surface area contributed by atoms with Crippen LogP contribution >= 0.6 is 11.6 Å². The lowest BCUT2D eigenvalue weighted by Crippen LogP contribution is -2.35. The summed E-state index contributed by atoms with van der Waals surface area (Å²) in [4.78, 5) is 42.4. The van der Waals surface area contributed by atoms with Gasteiger partial charge < -0.3 is 20.4 Å². The summed E-state index contributed by atoms with van der Waals surface area (Å²) >= 11 is 5.86. The maximum absolute atomic E-state index is 13.1. The van der Waals surface area contributed by atoms with E-state index in [0.29, 0.717) is 59.7 Å². The zero-order valence-electron chi connectivity index (χ0n) is 18.9. The van der Waals surface area contributed by atoms with E-state index >= 15 is 0 Å². The largest absolute Gasteiger partial charge is 0.449 e. The summed E-state index contributed by atoms with van der Waals surface area (Å²) in [6.07, 6.45) is 4.87. The fourth-order valence-electron chi connectivity index (χ4n) is 4.19. The number of pyridine rings is 1. The molecule has 0 bridgehead atoms. The zero-order chi connectivity index (χ0) is 24.1. The molecule has 4 rings (SSSR count). The molecule has 9 heteroatoms. The number of nitrogens with zero attached hydrogens (tertiary/aromatic N) is 1. The second kappa shape index (κ2) is 10.7. The third-order valence-electron chi connectivity index (χ3n) is 6.04. The van der Waals surface area contributed by atoms with Gasteiger partial charge in [0.05, 0.1) is 5.02 Å². The lowest BCUT2D eigenvalue weighted by Gasteiger charge is -2.27. The number of para-hydroxylation sites is 1. The average Bonchev–Trinajstić information content (AvgIpc) is 3.22. The molecule has 0 unspecified atom stereocenters. The van der Waals surface area contributed by atoms with E-state index in [1.54, 1.807) is 30.3 Å². The normalized spacial score (nSPS) is 17.8. The Morgan fingerprint density at radius 3 is 2.38 bits per heavy atom. The van der Waals surface area contributed by atoms with Gasteiger partial charge in [-0.3, -0.25) is 14.4 Å². The van der Waals surface area contributed by atoms with Gasteiger partial charge in [0.15, 0.2) is 0 Å². The fourth-order valence-corrected chi connectivity index (χ4v) is 4.30. The van der Waals surface area contributed by atoms with Gasteiger partial charge in [-0.2, -0.15) is 0 Å². The van der Waals surface area contributed by atoms with Gasteiger partial charge in [-0.15, -0.1) is 0 Å². The molecular formula is C25H27ClN4O4. The summed E-state index contributed by atoms with van der Waals surface area (Å²) in [5.74, 6) is -0.631. The monoisotopic (exact) mass is 482 g/mol. The number of hydrogen-bond acceptors (Lipinski definition) is 5. The summed E-state index contributed by atoms with van der Waals surface area (Å²) in [7, 11) is 0. The summed E-state index contributed by atoms with van der Waals surface area (Å²) in [6, 6.07) is 10.3. The first-order valence-electron chi connectivity index (χ1n) is 11.5. The molecule has 1 aromatic carbocycles. The summed E-state index contributed by atoms with van der Waals surface area (Å²) in [5, 5.41) is 9.62. The number of rotatable bonds is 7. The van der Waals surface area contributed by atoms with E-state index in [2.05, 4.69) is 20.9 Å². The van der Waals surface area contributed by atoms with E-state index < -0.39 is 5.91 Å². The highest BCUT2D eigenvalue weighted by atomic mass is 35.5. The van der Waals surface area contributed by atoms with E-state index in [-0.39, 0.29) is 29.4 Å². The molecule has 178 valence electrons. The first-order chi connectivity index (χ1) is 16.5. The van der Waals surface area contributed by atoms with Gasteiger partial charge >= 0.3 is 0 Å². The Hall–Kier alpha value is -3.39. The molecule has 0 aliphatic heterocycles. The van der Waals surface area contributed by atoms with Crippen LogP contribution in [0, 0.1) is 11.8 Å². The Bertz CT molecular complexity index is 1180. The van der Waals surface area contributed by atoms with Crippen LogP contribution in [0.25, 0.3) is 11.0 Å². The van der Waals surface area contributed by atoms with Gasteiger partial charge in [0.25, 0.3) is 5.91 Å². The lowest BCUT2D eigenvalue weighted by atomic mass is 9.81. The highest BCUT2D eigenvalue weighted by molar-refractivity contribution is 6.30. The van der Waals surface area contributed by atoms with E-state index in [0.717, 1.165) is 6.42 Å². The van der Waals surface area contributed by atoms with Gasteiger partial charge in [-0.05, 0) is 56.4 Å². The quantitative estimate of drug-likeness (QED) is 0.438. The predicted molar refractivity (Wildman–Crippen MR) is 131 cm³/mol. The Kier molecular flexibility index (Phi) is 7.47. The first-order valence-corrected chi connectivity index (χ1v) is 11.9. The number of benzene rings is 1. The third-order valence-corrected chi connectivity index (χ3v) is 6.26. The van der Waals surface area contributed by atoms with E-state index in [4.69, 9.17) is 16.0 Å². The number of nitrogens with one attached hydrogen (secondary N) is 3. The Balaban J connectivity index is 1.48. The van der Waals surface area contributed by atoms with Crippen LogP contribution in [0.4, 0.5) is 11.5 Å². The number of hydrogen-bond donors (Lipinski definition) is 3. The molecule has 2 aromatic heterocycles. The van der Waals surface area contributed by atoms with Crippen molar-refractivity contribution in [3.63, 3.8) is 0 Å². The summed E-state index contributed by atoms with van der Waals surface area (Å²) in [5.41, 5.74) is 0.818. The average molecular weight is 483 g/mol. The molecule has 1 aliphatic carbocycles. The molecule has 0 radical (unpaired) electrons. The van der Waals surface area contributed by atoms with Gasteiger partial charge in [0, 0.05) is 30.0 Å². The van der Waals surface area contributed by atoms with Crippen LogP contribution in [0.1, 0.15) is 49.6 Å². The van der Waals surface area contributed by atoms with Crippen molar-refractivity contribution in [1.82, 2.24) is 10.3 Å². The summed E-state index contributed by atoms with van der Waals surface area (Å²) in [6.45, 7) is 2.69. The van der Waals surface area contributed by atoms with Crippen molar-refractivity contribution in [3.8, 4) is 0 Å². The van der Waals surface area contributed by atoms with Gasteiger partial charge in [0.1, 0.15) is 17.1 Å². The highest BCUT2D eigenvalue weighted by Gasteiger charge is 2.31. The van der Waals surface area contributed by atoms with Crippen LogP contribution in [0.2, 0.25) is 5.02 Å². The van der Waals surface area contributed by atoms with Crippen LogP contribution in [0.3, 0.4) is 0 Å². The van der Waals surface area contributed by atoms with Crippen LogP contribution in [0.15, 0.2) is 47.0 Å². The molecule has 2 heterocycles. The number of aromatic nitrogens is 1. The number of amides is 3. The number of fused-ring (bicyclic) bond motifs is 1. The van der Waals surface area contributed by atoms with Crippen molar-refractivity contribution in [3.05, 3.63) is 53.4 Å². The van der Waals surface area contributed by atoms with Crippen molar-refractivity contribution >= 4 is 51.8 Å². The Morgan fingerprint density at radius 1 is 1.00 bits per heavy atom. The molecule has 0 saturated heterocycles. The lowest BCUT2D eigenvalue weighted by molar-refractivity contribution is -0.128. The molecule has 1 aliphatic rings. The predicted octanol–water partition coefficient (Wildman–Crippen LogP) is 5.00. The van der Waals surface area contributed by atoms with Crippen LogP contribution in [-0.2, 0) is 9.59 Å². The van der Waals surface area contributed by atoms with Crippen LogP contribution in [-0.4, -0.2) is 29.3 Å². The minimum Gasteiger partial charge on any atom is -0.449 e. The van der Waals surface area contributed by atoms with Crippen LogP contribution < -0.4 is 16.0 Å². The fraction of sp³-hybridized carbons (Fsp3) is 0.360. The molecule has 1 fully saturated rings. The van der Waals surface area contributed by atoms with Crippen molar-refractivity contribution in [2.45, 2.75) is 39.0 Å². The van der Waals surface area contributed by atoms with Gasteiger partial charge in [0.2, 0.25) is 17.6 Å². The molecule has 34 heavy (non-hydrogen) atoms. The molecule has 3 N–H and O–H groups in total. The molecule has 0 atom stereocenters. The number of carbonyl (C=O) groups is 3. The maximum atomic E-state index is 13.1. The number of halogens is 1. The second-order valence-corrected chi connectivity index (χ2v) is 8.88. The van der Waals surface area contributed by atoms with Crippen molar-refractivity contribution in [1.29, 1.82) is 0 Å². The number of carbonyl (C=O) groups excluding carboxylic acids is 3. The van der Waals surface area contributed by atoms with Crippen LogP contribution in [0.5, 0.6) is 0 Å². The van der Waals surface area contributed by atoms with Gasteiger partial charge in [-0.1, -0.05) is 30.7 Å². The topological polar surface area (TPSA) is 113 Å². The standard InChI is InChI=1S/C25H27ClN4O4/c1-2-13-27-23(31)15-7-9-16(10-8-15)24(32)30-21-18-5-3-4-6-19(18)34-22(21)25(33)29-20-12-11-17(26)14-28-20/h3-6,11-12,14-16H,2,7-10,13H2,1H3,(H,27,31)(H,30,32)(H,28,29,33)/t15-,16-. The Labute approximate surface area is 202 Å². The maximum Gasteiger partial charge on any atom is 0.294 e. The second-order valence-electron chi connectivity index (χ2n) is 8.45. The molecule has 1 saturated carbocycles. The van der Waals surface area contributed by atoms with Crippen molar-refractivity contribution in [2.24, 2.45) is 11.8 Å². The zero-order valence-corrected chi connectivity index (χ0v) is 19.7. The molecule has 3 aromatic rings. The molecule has 3 amide bonds. The van der Waals surface area contributed by atoms with E-state index in [1.165, 1.54) is 6.20 Å². The van der Waals surface area contributed by atoms with Crippen molar-refractivity contribution in [2.75, 3.05) is 17.2 Å².